The standard InChI is InChI=1S/C21H22ClN3O3/c1-12-18(10-23-11-19(12)28-2)25-20(26)15-8-7-13(9-17(15)24-21(25)27)14-5-3-4-6-16(14)22/h3-6,10-11,13,15,17H,7-9H2,1-2H3,(H,24,27). The van der Waals surface area contributed by atoms with Gasteiger partial charge in [-0.15, -0.1) is 0 Å². The normalized spacial score (nSPS) is 24.5. The number of amides is 3. The van der Waals surface area contributed by atoms with Gasteiger partial charge >= 0.3 is 6.03 Å². The van der Waals surface area contributed by atoms with E-state index in [0.717, 1.165) is 17.0 Å². The molecule has 146 valence electrons. The number of carbonyl (C=O) groups excluding carboxylic acids is 2. The van der Waals surface area contributed by atoms with Crippen molar-refractivity contribution in [2.24, 2.45) is 5.92 Å². The predicted octanol–water partition coefficient (Wildman–Crippen LogP) is 4.06. The first kappa shape index (κ1) is 18.7. The lowest BCUT2D eigenvalue weighted by molar-refractivity contribution is -0.124. The molecule has 28 heavy (non-hydrogen) atoms. The van der Waals surface area contributed by atoms with Crippen LogP contribution in [0.2, 0.25) is 5.02 Å². The monoisotopic (exact) mass is 399 g/mol. The highest BCUT2D eigenvalue weighted by Crippen LogP contribution is 2.41. The van der Waals surface area contributed by atoms with Crippen molar-refractivity contribution in [3.05, 3.63) is 52.8 Å². The molecule has 6 nitrogen and oxygen atoms in total. The second kappa shape index (κ2) is 7.43. The number of hydrogen-bond acceptors (Lipinski definition) is 4. The Labute approximate surface area is 168 Å². The topological polar surface area (TPSA) is 71.5 Å². The molecule has 2 heterocycles. The molecule has 4 rings (SSSR count). The average Bonchev–Trinajstić information content (AvgIpc) is 2.69. The number of rotatable bonds is 3. The van der Waals surface area contributed by atoms with E-state index >= 15 is 0 Å². The molecule has 3 unspecified atom stereocenters. The number of nitrogens with zero attached hydrogens (tertiary/aromatic N) is 2. The smallest absolute Gasteiger partial charge is 0.329 e. The number of ether oxygens (including phenoxy) is 1. The molecule has 1 aromatic carbocycles. The first-order valence-corrected chi connectivity index (χ1v) is 9.76. The molecule has 7 heteroatoms. The Morgan fingerprint density at radius 2 is 2.00 bits per heavy atom. The summed E-state index contributed by atoms with van der Waals surface area (Å²) in [7, 11) is 1.54. The molecule has 1 saturated carbocycles. The summed E-state index contributed by atoms with van der Waals surface area (Å²) in [6.07, 6.45) is 5.37. The lowest BCUT2D eigenvalue weighted by Crippen LogP contribution is -2.61. The van der Waals surface area contributed by atoms with Crippen LogP contribution in [0.1, 0.15) is 36.3 Å². The number of aromatic nitrogens is 1. The maximum absolute atomic E-state index is 13.2. The minimum atomic E-state index is -0.413. The third kappa shape index (κ3) is 3.11. The molecule has 0 bridgehead atoms. The third-order valence-corrected chi connectivity index (χ3v) is 6.19. The fourth-order valence-electron chi connectivity index (χ4n) is 4.36. The zero-order valence-electron chi connectivity index (χ0n) is 15.8. The Bertz CT molecular complexity index is 933. The van der Waals surface area contributed by atoms with Crippen molar-refractivity contribution >= 4 is 29.2 Å². The van der Waals surface area contributed by atoms with Crippen LogP contribution in [0.5, 0.6) is 5.75 Å². The van der Waals surface area contributed by atoms with E-state index in [2.05, 4.69) is 10.3 Å². The lowest BCUT2D eigenvalue weighted by Gasteiger charge is -2.42. The van der Waals surface area contributed by atoms with E-state index in [9.17, 15) is 9.59 Å². The average molecular weight is 400 g/mol. The Morgan fingerprint density at radius 1 is 1.21 bits per heavy atom. The van der Waals surface area contributed by atoms with Crippen molar-refractivity contribution in [2.75, 3.05) is 12.0 Å². The van der Waals surface area contributed by atoms with Crippen LogP contribution in [-0.2, 0) is 4.79 Å². The van der Waals surface area contributed by atoms with Gasteiger partial charge in [0.1, 0.15) is 5.75 Å². The molecular formula is C21H22ClN3O3. The van der Waals surface area contributed by atoms with E-state index in [1.54, 1.807) is 6.20 Å². The van der Waals surface area contributed by atoms with Crippen LogP contribution in [0.15, 0.2) is 36.7 Å². The molecule has 1 aliphatic carbocycles. The molecular weight excluding hydrogens is 378 g/mol. The van der Waals surface area contributed by atoms with E-state index in [1.165, 1.54) is 18.2 Å². The van der Waals surface area contributed by atoms with Crippen LogP contribution in [0.25, 0.3) is 0 Å². The van der Waals surface area contributed by atoms with Gasteiger partial charge in [0, 0.05) is 16.6 Å². The predicted molar refractivity (Wildman–Crippen MR) is 107 cm³/mol. The van der Waals surface area contributed by atoms with Crippen molar-refractivity contribution in [1.82, 2.24) is 10.3 Å². The van der Waals surface area contributed by atoms with Crippen molar-refractivity contribution in [2.45, 2.75) is 38.1 Å². The van der Waals surface area contributed by atoms with Crippen LogP contribution in [0.3, 0.4) is 0 Å². The molecule has 3 atom stereocenters. The van der Waals surface area contributed by atoms with Gasteiger partial charge in [-0.05, 0) is 43.7 Å². The van der Waals surface area contributed by atoms with Crippen LogP contribution in [0, 0.1) is 12.8 Å². The molecule has 1 saturated heterocycles. The Balaban J connectivity index is 1.59. The fraction of sp³-hybridized carbons (Fsp3) is 0.381. The second-order valence-corrected chi connectivity index (χ2v) is 7.76. The fourth-order valence-corrected chi connectivity index (χ4v) is 4.65. The van der Waals surface area contributed by atoms with Crippen LogP contribution in [-0.4, -0.2) is 30.1 Å². The van der Waals surface area contributed by atoms with Gasteiger partial charge in [0.15, 0.2) is 0 Å². The van der Waals surface area contributed by atoms with Crippen molar-refractivity contribution in [1.29, 1.82) is 0 Å². The first-order chi connectivity index (χ1) is 13.5. The summed E-state index contributed by atoms with van der Waals surface area (Å²) < 4.78 is 5.28. The highest BCUT2D eigenvalue weighted by Gasteiger charge is 2.45. The number of methoxy groups -OCH3 is 1. The molecule has 1 aromatic heterocycles. The molecule has 1 aliphatic heterocycles. The molecule has 2 aromatic rings. The number of benzene rings is 1. The number of carbonyl (C=O) groups is 2. The number of imide groups is 1. The van der Waals surface area contributed by atoms with Gasteiger partial charge in [0.05, 0.1) is 31.1 Å². The number of pyridine rings is 1. The highest BCUT2D eigenvalue weighted by molar-refractivity contribution is 6.31. The van der Waals surface area contributed by atoms with Crippen LogP contribution in [0.4, 0.5) is 10.5 Å². The molecule has 1 N–H and O–H groups in total. The second-order valence-electron chi connectivity index (χ2n) is 7.35. The van der Waals surface area contributed by atoms with E-state index in [-0.39, 0.29) is 23.8 Å². The zero-order chi connectivity index (χ0) is 19.8. The lowest BCUT2D eigenvalue weighted by atomic mass is 9.74. The number of fused-ring (bicyclic) bond motifs is 1. The Kier molecular flexibility index (Phi) is 4.98. The number of nitrogens with one attached hydrogen (secondary N) is 1. The first-order valence-electron chi connectivity index (χ1n) is 9.38. The molecule has 2 fully saturated rings. The number of anilines is 1. The summed E-state index contributed by atoms with van der Waals surface area (Å²) in [6.45, 7) is 1.82. The highest BCUT2D eigenvalue weighted by atomic mass is 35.5. The minimum absolute atomic E-state index is 0.176. The van der Waals surface area contributed by atoms with Crippen LogP contribution >= 0.6 is 11.6 Å². The number of urea groups is 1. The van der Waals surface area contributed by atoms with Crippen molar-refractivity contribution in [3.8, 4) is 5.75 Å². The summed E-state index contributed by atoms with van der Waals surface area (Å²) >= 11 is 6.36. The maximum Gasteiger partial charge on any atom is 0.329 e. The van der Waals surface area contributed by atoms with Gasteiger partial charge in [-0.25, -0.2) is 9.69 Å². The third-order valence-electron chi connectivity index (χ3n) is 5.85. The van der Waals surface area contributed by atoms with Gasteiger partial charge in [-0.3, -0.25) is 9.78 Å². The van der Waals surface area contributed by atoms with E-state index in [4.69, 9.17) is 16.3 Å². The summed E-state index contributed by atoms with van der Waals surface area (Å²) in [5.74, 6) is 0.351. The molecule has 2 aliphatic rings. The van der Waals surface area contributed by atoms with Crippen molar-refractivity contribution < 1.29 is 14.3 Å². The quantitative estimate of drug-likeness (QED) is 0.844. The largest absolute Gasteiger partial charge is 0.495 e. The maximum atomic E-state index is 13.2. The van der Waals surface area contributed by atoms with Gasteiger partial charge in [-0.1, -0.05) is 29.8 Å². The minimum Gasteiger partial charge on any atom is -0.495 e. The summed E-state index contributed by atoms with van der Waals surface area (Å²) in [6, 6.07) is 7.18. The van der Waals surface area contributed by atoms with Crippen LogP contribution < -0.4 is 15.0 Å². The van der Waals surface area contributed by atoms with E-state index < -0.39 is 6.03 Å². The summed E-state index contributed by atoms with van der Waals surface area (Å²) in [5.41, 5.74) is 2.26. The SMILES string of the molecule is COc1cncc(N2C(=O)NC3CC(c4ccccc4Cl)CCC3C2=O)c1C. The molecule has 3 amide bonds. The van der Waals surface area contributed by atoms with Gasteiger partial charge < -0.3 is 10.1 Å². The molecule has 0 radical (unpaired) electrons. The Hall–Kier alpha value is -2.60. The van der Waals surface area contributed by atoms with Gasteiger partial charge in [-0.2, -0.15) is 0 Å². The number of hydrogen-bond donors (Lipinski definition) is 1. The van der Waals surface area contributed by atoms with Crippen molar-refractivity contribution in [3.63, 3.8) is 0 Å². The molecule has 0 spiro atoms. The number of halogens is 1. The summed E-state index contributed by atoms with van der Waals surface area (Å²) in [5, 5.41) is 3.77. The van der Waals surface area contributed by atoms with Gasteiger partial charge in [0.25, 0.3) is 0 Å². The van der Waals surface area contributed by atoms with E-state index in [1.807, 2.05) is 31.2 Å². The summed E-state index contributed by atoms with van der Waals surface area (Å²) in [4.78, 5) is 31.3. The van der Waals surface area contributed by atoms with E-state index in [0.29, 0.717) is 29.8 Å². The van der Waals surface area contributed by atoms with Gasteiger partial charge in [0.2, 0.25) is 5.91 Å². The Morgan fingerprint density at radius 3 is 2.75 bits per heavy atom. The zero-order valence-corrected chi connectivity index (χ0v) is 16.6.